The van der Waals surface area contributed by atoms with Gasteiger partial charge >= 0.3 is 5.97 Å². The van der Waals surface area contributed by atoms with E-state index >= 15 is 0 Å². The van der Waals surface area contributed by atoms with Crippen LogP contribution in [0.25, 0.3) is 0 Å². The predicted molar refractivity (Wildman–Crippen MR) is 66.3 cm³/mol. The predicted octanol–water partition coefficient (Wildman–Crippen LogP) is 1.56. The number of esters is 1. The third-order valence-corrected chi connectivity index (χ3v) is 2.65. The maximum absolute atomic E-state index is 12.1. The Hall–Kier alpha value is -2.43. The Morgan fingerprint density at radius 1 is 1.37 bits per heavy atom. The Balaban J connectivity index is 2.41. The number of Topliss-reactive ketones (excluding diaryl/α,β-unsaturated/α-hetero) is 2. The maximum Gasteiger partial charge on any atom is 0.303 e. The van der Waals surface area contributed by atoms with Gasteiger partial charge in [0.15, 0.2) is 0 Å². The number of rotatable bonds is 4. The second-order valence-corrected chi connectivity index (χ2v) is 4.00. The van der Waals surface area contributed by atoms with Gasteiger partial charge in [-0.1, -0.05) is 24.8 Å². The molecule has 0 fully saturated rings. The molecular formula is C14H12O5. The SMILES string of the molecule is C=CCOc1cccc2c1C(=O)C(OC(C)=O)C2=O. The Kier molecular flexibility index (Phi) is 3.46. The van der Waals surface area contributed by atoms with Crippen molar-refractivity contribution in [3.63, 3.8) is 0 Å². The molecule has 0 saturated heterocycles. The molecule has 5 nitrogen and oxygen atoms in total. The van der Waals surface area contributed by atoms with Crippen LogP contribution in [0.2, 0.25) is 0 Å². The summed E-state index contributed by atoms with van der Waals surface area (Å²) in [6, 6.07) is 4.71. The summed E-state index contributed by atoms with van der Waals surface area (Å²) in [7, 11) is 0. The van der Waals surface area contributed by atoms with E-state index in [0.29, 0.717) is 5.75 Å². The lowest BCUT2D eigenvalue weighted by molar-refractivity contribution is -0.142. The van der Waals surface area contributed by atoms with Crippen molar-refractivity contribution in [3.05, 3.63) is 42.0 Å². The van der Waals surface area contributed by atoms with Gasteiger partial charge in [0.2, 0.25) is 17.7 Å². The summed E-state index contributed by atoms with van der Waals surface area (Å²) in [4.78, 5) is 35.0. The Morgan fingerprint density at radius 3 is 2.74 bits per heavy atom. The molecule has 0 amide bonds. The third-order valence-electron chi connectivity index (χ3n) is 2.65. The fraction of sp³-hybridized carbons (Fsp3) is 0.214. The summed E-state index contributed by atoms with van der Waals surface area (Å²) in [6.07, 6.45) is 0.144. The largest absolute Gasteiger partial charge is 0.489 e. The van der Waals surface area contributed by atoms with E-state index in [1.165, 1.54) is 12.1 Å². The summed E-state index contributed by atoms with van der Waals surface area (Å²) in [5, 5.41) is 0. The number of benzene rings is 1. The fourth-order valence-electron chi connectivity index (χ4n) is 1.92. The van der Waals surface area contributed by atoms with Crippen molar-refractivity contribution in [2.45, 2.75) is 13.0 Å². The van der Waals surface area contributed by atoms with Crippen LogP contribution in [0.5, 0.6) is 5.75 Å². The number of ketones is 2. The Labute approximate surface area is 109 Å². The average Bonchev–Trinajstić information content (AvgIpc) is 2.62. The topological polar surface area (TPSA) is 69.7 Å². The first-order valence-electron chi connectivity index (χ1n) is 5.68. The lowest BCUT2D eigenvalue weighted by Gasteiger charge is -2.08. The molecule has 0 aliphatic heterocycles. The molecule has 98 valence electrons. The van der Waals surface area contributed by atoms with E-state index < -0.39 is 23.6 Å². The fourth-order valence-corrected chi connectivity index (χ4v) is 1.92. The van der Waals surface area contributed by atoms with Crippen LogP contribution in [-0.2, 0) is 9.53 Å². The molecule has 1 aromatic carbocycles. The van der Waals surface area contributed by atoms with Crippen LogP contribution in [0.1, 0.15) is 27.6 Å². The second kappa shape index (κ2) is 5.06. The molecule has 0 heterocycles. The van der Waals surface area contributed by atoms with Gasteiger partial charge in [0.25, 0.3) is 0 Å². The van der Waals surface area contributed by atoms with Crippen molar-refractivity contribution >= 4 is 17.5 Å². The Bertz CT molecular complexity index is 573. The molecule has 1 unspecified atom stereocenters. The first-order chi connectivity index (χ1) is 9.06. The summed E-state index contributed by atoms with van der Waals surface area (Å²) in [6.45, 7) is 4.88. The highest BCUT2D eigenvalue weighted by Gasteiger charge is 2.43. The van der Waals surface area contributed by atoms with Crippen LogP contribution in [-0.4, -0.2) is 30.2 Å². The number of hydrogen-bond donors (Lipinski definition) is 0. The van der Waals surface area contributed by atoms with Crippen LogP contribution in [0.4, 0.5) is 0 Å². The van der Waals surface area contributed by atoms with Gasteiger partial charge in [-0.2, -0.15) is 0 Å². The van der Waals surface area contributed by atoms with Crippen molar-refractivity contribution in [2.24, 2.45) is 0 Å². The monoisotopic (exact) mass is 260 g/mol. The maximum atomic E-state index is 12.1. The number of ether oxygens (including phenoxy) is 2. The smallest absolute Gasteiger partial charge is 0.303 e. The zero-order valence-electron chi connectivity index (χ0n) is 10.3. The molecule has 1 aliphatic rings. The van der Waals surface area contributed by atoms with Crippen molar-refractivity contribution in [2.75, 3.05) is 6.61 Å². The molecule has 1 aliphatic carbocycles. The number of carbonyl (C=O) groups is 3. The van der Waals surface area contributed by atoms with E-state index in [4.69, 9.17) is 9.47 Å². The number of hydrogen-bond acceptors (Lipinski definition) is 5. The van der Waals surface area contributed by atoms with E-state index in [1.807, 2.05) is 0 Å². The van der Waals surface area contributed by atoms with Gasteiger partial charge in [0, 0.05) is 12.5 Å². The van der Waals surface area contributed by atoms with Crippen molar-refractivity contribution in [1.82, 2.24) is 0 Å². The minimum Gasteiger partial charge on any atom is -0.489 e. The highest BCUT2D eigenvalue weighted by molar-refractivity contribution is 6.30. The van der Waals surface area contributed by atoms with Crippen LogP contribution in [0.3, 0.4) is 0 Å². The molecule has 0 spiro atoms. The zero-order chi connectivity index (χ0) is 14.0. The molecule has 0 aromatic heterocycles. The quantitative estimate of drug-likeness (QED) is 0.467. The molecule has 1 aromatic rings. The minimum atomic E-state index is -1.39. The standard InChI is InChI=1S/C14H12O5/c1-3-7-18-10-6-4-5-9-11(10)13(17)14(12(9)16)19-8(2)15/h3-6,14H,1,7H2,2H3. The van der Waals surface area contributed by atoms with E-state index in [0.717, 1.165) is 6.92 Å². The molecule has 5 heteroatoms. The first-order valence-corrected chi connectivity index (χ1v) is 5.68. The van der Waals surface area contributed by atoms with Gasteiger partial charge < -0.3 is 9.47 Å². The third kappa shape index (κ3) is 2.27. The van der Waals surface area contributed by atoms with E-state index in [1.54, 1.807) is 12.1 Å². The van der Waals surface area contributed by atoms with Gasteiger partial charge in [-0.05, 0) is 6.07 Å². The van der Waals surface area contributed by atoms with E-state index in [-0.39, 0.29) is 17.7 Å². The molecule has 19 heavy (non-hydrogen) atoms. The van der Waals surface area contributed by atoms with Gasteiger partial charge in [-0.15, -0.1) is 0 Å². The second-order valence-electron chi connectivity index (χ2n) is 4.00. The van der Waals surface area contributed by atoms with Crippen LogP contribution in [0.15, 0.2) is 30.9 Å². The molecule has 1 atom stereocenters. The first kappa shape index (κ1) is 13.0. The number of carbonyl (C=O) groups excluding carboxylic acids is 3. The van der Waals surface area contributed by atoms with E-state index in [2.05, 4.69) is 6.58 Å². The summed E-state index contributed by atoms with van der Waals surface area (Å²) >= 11 is 0. The minimum absolute atomic E-state index is 0.167. The van der Waals surface area contributed by atoms with Crippen molar-refractivity contribution in [1.29, 1.82) is 0 Å². The van der Waals surface area contributed by atoms with Crippen LogP contribution in [0, 0.1) is 0 Å². The van der Waals surface area contributed by atoms with Crippen molar-refractivity contribution in [3.8, 4) is 5.75 Å². The summed E-state index contributed by atoms with van der Waals surface area (Å²) in [5.41, 5.74) is 0.387. The normalized spacial score (nSPS) is 17.0. The van der Waals surface area contributed by atoms with Crippen molar-refractivity contribution < 1.29 is 23.9 Å². The lowest BCUT2D eigenvalue weighted by Crippen LogP contribution is -2.27. The van der Waals surface area contributed by atoms with Crippen LogP contribution < -0.4 is 4.74 Å². The summed E-state index contributed by atoms with van der Waals surface area (Å²) in [5.74, 6) is -1.44. The van der Waals surface area contributed by atoms with Crippen LogP contribution >= 0.6 is 0 Å². The average molecular weight is 260 g/mol. The van der Waals surface area contributed by atoms with Gasteiger partial charge in [0.1, 0.15) is 12.4 Å². The van der Waals surface area contributed by atoms with E-state index in [9.17, 15) is 14.4 Å². The lowest BCUT2D eigenvalue weighted by atomic mass is 10.1. The number of fused-ring (bicyclic) bond motifs is 1. The molecule has 0 N–H and O–H groups in total. The van der Waals surface area contributed by atoms with Gasteiger partial charge in [-0.3, -0.25) is 14.4 Å². The molecular weight excluding hydrogens is 248 g/mol. The summed E-state index contributed by atoms with van der Waals surface area (Å²) < 4.78 is 10.1. The molecule has 0 saturated carbocycles. The van der Waals surface area contributed by atoms with Gasteiger partial charge in [-0.25, -0.2) is 0 Å². The Morgan fingerprint density at radius 2 is 2.11 bits per heavy atom. The van der Waals surface area contributed by atoms with Gasteiger partial charge in [0.05, 0.1) is 5.56 Å². The molecule has 0 radical (unpaired) electrons. The molecule has 0 bridgehead atoms. The highest BCUT2D eigenvalue weighted by atomic mass is 16.5. The molecule has 2 rings (SSSR count). The zero-order valence-corrected chi connectivity index (χ0v) is 10.3. The highest BCUT2D eigenvalue weighted by Crippen LogP contribution is 2.32.